The van der Waals surface area contributed by atoms with Gasteiger partial charge in [0.25, 0.3) is 10.2 Å². The van der Waals surface area contributed by atoms with Crippen molar-refractivity contribution in [1.29, 1.82) is 0 Å². The molecule has 1 heterocycles. The Morgan fingerprint density at radius 3 is 2.00 bits per heavy atom. The Labute approximate surface area is 194 Å². The number of rotatable bonds is 6. The van der Waals surface area contributed by atoms with E-state index >= 15 is 0 Å². The number of piperazine rings is 1. The molecular weight excluding hydrogens is 424 g/mol. The van der Waals surface area contributed by atoms with Crippen LogP contribution in [0.5, 0.6) is 0 Å². The first-order chi connectivity index (χ1) is 15.1. The third-order valence-electron chi connectivity index (χ3n) is 6.91. The number of hydrogen-bond acceptors (Lipinski definition) is 3. The van der Waals surface area contributed by atoms with Crippen LogP contribution in [0.1, 0.15) is 82.8 Å². The molecule has 1 N–H and O–H groups in total. The number of amides is 2. The maximum absolute atomic E-state index is 13.1. The Hall–Kier alpha value is -1.64. The minimum Gasteiger partial charge on any atom is -0.322 e. The van der Waals surface area contributed by atoms with Crippen molar-refractivity contribution in [2.75, 3.05) is 38.5 Å². The molecule has 1 saturated heterocycles. The third kappa shape index (κ3) is 5.46. The fraction of sp³-hybridized carbons (Fsp3) is 0.708. The Morgan fingerprint density at radius 1 is 0.969 bits per heavy atom. The second kappa shape index (κ2) is 10.5. The molecule has 180 valence electrons. The highest BCUT2D eigenvalue weighted by Crippen LogP contribution is 2.33. The molecule has 0 spiro atoms. The molecule has 0 radical (unpaired) electrons. The second-order valence-electron chi connectivity index (χ2n) is 9.75. The molecule has 1 aromatic carbocycles. The lowest BCUT2D eigenvalue weighted by Crippen LogP contribution is -2.55. The van der Waals surface area contributed by atoms with E-state index in [1.54, 1.807) is 16.3 Å². The molecular formula is C24H40N4O3S. The monoisotopic (exact) mass is 464 g/mol. The molecule has 2 aliphatic rings. The summed E-state index contributed by atoms with van der Waals surface area (Å²) in [4.78, 5) is 14.8. The smallest absolute Gasteiger partial charge is 0.321 e. The standard InChI is InChI=1S/C24H40N4O3S/c1-18(2)21-12-9-13-22(19(3)4)23(21)25-24(29)27-14-16-28(17-15-27)32(30,31)26(5)20-10-7-6-8-11-20/h9,12-13,18-20H,6-8,10-11,14-17H2,1-5H3,(H,25,29). The highest BCUT2D eigenvalue weighted by atomic mass is 32.2. The minimum absolute atomic E-state index is 0.0945. The van der Waals surface area contributed by atoms with Gasteiger partial charge >= 0.3 is 6.03 Å². The van der Waals surface area contributed by atoms with E-state index in [1.807, 2.05) is 6.07 Å². The molecule has 1 aliphatic heterocycles. The Balaban J connectivity index is 1.65. The lowest BCUT2D eigenvalue weighted by Gasteiger charge is -2.38. The number of carbonyl (C=O) groups is 1. The summed E-state index contributed by atoms with van der Waals surface area (Å²) in [6.07, 6.45) is 5.25. The van der Waals surface area contributed by atoms with E-state index in [0.717, 1.165) is 42.5 Å². The Bertz CT molecular complexity index is 860. The van der Waals surface area contributed by atoms with Gasteiger partial charge in [-0.3, -0.25) is 0 Å². The van der Waals surface area contributed by atoms with Gasteiger partial charge in [0.15, 0.2) is 0 Å². The molecule has 0 atom stereocenters. The Morgan fingerprint density at radius 2 is 1.50 bits per heavy atom. The van der Waals surface area contributed by atoms with Gasteiger partial charge in [0, 0.05) is 45.0 Å². The van der Waals surface area contributed by atoms with E-state index in [1.165, 1.54) is 10.7 Å². The van der Waals surface area contributed by atoms with Crippen LogP contribution in [-0.4, -0.2) is 67.2 Å². The van der Waals surface area contributed by atoms with Crippen LogP contribution in [0.15, 0.2) is 18.2 Å². The normalized spacial score (nSPS) is 19.2. The van der Waals surface area contributed by atoms with E-state index in [-0.39, 0.29) is 12.1 Å². The van der Waals surface area contributed by atoms with E-state index in [0.29, 0.717) is 38.0 Å². The quantitative estimate of drug-likeness (QED) is 0.669. The molecule has 1 saturated carbocycles. The number of urea groups is 1. The van der Waals surface area contributed by atoms with Crippen molar-refractivity contribution in [3.8, 4) is 0 Å². The summed E-state index contributed by atoms with van der Waals surface area (Å²) >= 11 is 0. The number of benzene rings is 1. The minimum atomic E-state index is -3.50. The molecule has 7 nitrogen and oxygen atoms in total. The van der Waals surface area contributed by atoms with Crippen LogP contribution in [0.4, 0.5) is 10.5 Å². The highest BCUT2D eigenvalue weighted by Gasteiger charge is 2.35. The van der Waals surface area contributed by atoms with Crippen molar-refractivity contribution in [3.63, 3.8) is 0 Å². The topological polar surface area (TPSA) is 73.0 Å². The number of nitrogens with zero attached hydrogens (tertiary/aromatic N) is 3. The summed E-state index contributed by atoms with van der Waals surface area (Å²) in [6, 6.07) is 6.12. The molecule has 32 heavy (non-hydrogen) atoms. The van der Waals surface area contributed by atoms with Gasteiger partial charge in [0.1, 0.15) is 0 Å². The number of hydrogen-bond donors (Lipinski definition) is 1. The summed E-state index contributed by atoms with van der Waals surface area (Å²) in [5.74, 6) is 0.586. The molecule has 3 rings (SSSR count). The van der Waals surface area contributed by atoms with Crippen molar-refractivity contribution < 1.29 is 13.2 Å². The molecule has 2 amide bonds. The van der Waals surface area contributed by atoms with Crippen molar-refractivity contribution in [3.05, 3.63) is 29.3 Å². The van der Waals surface area contributed by atoms with E-state index < -0.39 is 10.2 Å². The zero-order valence-electron chi connectivity index (χ0n) is 20.3. The highest BCUT2D eigenvalue weighted by molar-refractivity contribution is 7.86. The summed E-state index contributed by atoms with van der Waals surface area (Å²) in [6.45, 7) is 9.95. The van der Waals surface area contributed by atoms with Crippen LogP contribution in [0, 0.1) is 0 Å². The van der Waals surface area contributed by atoms with Crippen LogP contribution >= 0.6 is 0 Å². The largest absolute Gasteiger partial charge is 0.322 e. The summed E-state index contributed by atoms with van der Waals surface area (Å²) in [5.41, 5.74) is 3.15. The number of carbonyl (C=O) groups excluding carboxylic acids is 1. The zero-order chi connectivity index (χ0) is 23.5. The first kappa shape index (κ1) is 25.0. The van der Waals surface area contributed by atoms with Gasteiger partial charge in [0.05, 0.1) is 0 Å². The van der Waals surface area contributed by atoms with E-state index in [2.05, 4.69) is 45.1 Å². The van der Waals surface area contributed by atoms with Gasteiger partial charge in [-0.1, -0.05) is 65.2 Å². The summed E-state index contributed by atoms with van der Waals surface area (Å²) in [5, 5.41) is 3.15. The maximum atomic E-state index is 13.1. The second-order valence-corrected chi connectivity index (χ2v) is 11.7. The fourth-order valence-corrected chi connectivity index (χ4v) is 6.40. The van der Waals surface area contributed by atoms with E-state index in [4.69, 9.17) is 0 Å². The van der Waals surface area contributed by atoms with E-state index in [9.17, 15) is 13.2 Å². The fourth-order valence-electron chi connectivity index (χ4n) is 4.82. The predicted octanol–water partition coefficient (Wildman–Crippen LogP) is 4.59. The summed E-state index contributed by atoms with van der Waals surface area (Å²) in [7, 11) is -1.79. The third-order valence-corrected chi connectivity index (χ3v) is 8.95. The molecule has 1 aromatic rings. The average molecular weight is 465 g/mol. The number of para-hydroxylation sites is 1. The van der Waals surface area contributed by atoms with Gasteiger partial charge in [-0.2, -0.15) is 17.0 Å². The SMILES string of the molecule is CC(C)c1cccc(C(C)C)c1NC(=O)N1CCN(S(=O)(=O)N(C)C2CCCCC2)CC1. The van der Waals surface area contributed by atoms with Gasteiger partial charge in [-0.25, -0.2) is 4.79 Å². The predicted molar refractivity (Wildman–Crippen MR) is 130 cm³/mol. The number of nitrogens with one attached hydrogen (secondary N) is 1. The van der Waals surface area contributed by atoms with Crippen LogP contribution in [0.3, 0.4) is 0 Å². The lowest BCUT2D eigenvalue weighted by molar-refractivity contribution is 0.177. The molecule has 8 heteroatoms. The average Bonchev–Trinajstić information content (AvgIpc) is 2.79. The Kier molecular flexibility index (Phi) is 8.22. The zero-order valence-corrected chi connectivity index (χ0v) is 21.1. The van der Waals surface area contributed by atoms with Crippen LogP contribution < -0.4 is 5.32 Å². The van der Waals surface area contributed by atoms with Gasteiger partial charge in [-0.05, 0) is 35.8 Å². The molecule has 2 fully saturated rings. The summed E-state index contributed by atoms with van der Waals surface area (Å²) < 4.78 is 29.3. The van der Waals surface area contributed by atoms with Crippen molar-refractivity contribution in [2.24, 2.45) is 0 Å². The van der Waals surface area contributed by atoms with Gasteiger partial charge < -0.3 is 10.2 Å². The maximum Gasteiger partial charge on any atom is 0.321 e. The first-order valence-corrected chi connectivity index (χ1v) is 13.4. The van der Waals surface area contributed by atoms with Crippen LogP contribution in [0.2, 0.25) is 0 Å². The molecule has 1 aliphatic carbocycles. The molecule has 0 aromatic heterocycles. The molecule has 0 unspecified atom stereocenters. The van der Waals surface area contributed by atoms with Crippen molar-refractivity contribution in [1.82, 2.24) is 13.5 Å². The van der Waals surface area contributed by atoms with Crippen molar-refractivity contribution in [2.45, 2.75) is 77.7 Å². The molecule has 0 bridgehead atoms. The first-order valence-electron chi connectivity index (χ1n) is 12.0. The van der Waals surface area contributed by atoms with Crippen molar-refractivity contribution >= 4 is 21.9 Å². The van der Waals surface area contributed by atoms with Gasteiger partial charge in [-0.15, -0.1) is 0 Å². The lowest BCUT2D eigenvalue weighted by atomic mass is 9.93. The number of anilines is 1. The van der Waals surface area contributed by atoms with Crippen LogP contribution in [-0.2, 0) is 10.2 Å². The van der Waals surface area contributed by atoms with Crippen LogP contribution in [0.25, 0.3) is 0 Å². The van der Waals surface area contributed by atoms with Gasteiger partial charge in [0.2, 0.25) is 0 Å².